The van der Waals surface area contributed by atoms with Gasteiger partial charge in [0.1, 0.15) is 5.75 Å². The lowest BCUT2D eigenvalue weighted by atomic mass is 10.1. The molecule has 0 unspecified atom stereocenters. The molecule has 0 spiro atoms. The molecule has 3 heteroatoms. The molecule has 2 nitrogen and oxygen atoms in total. The van der Waals surface area contributed by atoms with Gasteiger partial charge in [-0.05, 0) is 13.8 Å². The largest absolute Gasteiger partial charge is 0.496 e. The highest BCUT2D eigenvalue weighted by molar-refractivity contribution is 14.1. The summed E-state index contributed by atoms with van der Waals surface area (Å²) in [4.78, 5) is 4.32. The van der Waals surface area contributed by atoms with Crippen LogP contribution < -0.4 is 4.74 Å². The van der Waals surface area contributed by atoms with Crippen LogP contribution in [0, 0.1) is 13.8 Å². The Kier molecular flexibility index (Phi) is 3.31. The van der Waals surface area contributed by atoms with E-state index >= 15 is 0 Å². The van der Waals surface area contributed by atoms with Crippen LogP contribution in [0.4, 0.5) is 0 Å². The lowest BCUT2D eigenvalue weighted by molar-refractivity contribution is 0.407. The normalized spacial score (nSPS) is 10.0. The summed E-state index contributed by atoms with van der Waals surface area (Å²) in [6, 6.07) is 0. The molecule has 0 fully saturated rings. The van der Waals surface area contributed by atoms with Gasteiger partial charge in [-0.1, -0.05) is 22.6 Å². The summed E-state index contributed by atoms with van der Waals surface area (Å²) >= 11 is 2.31. The van der Waals surface area contributed by atoms with E-state index in [4.69, 9.17) is 4.74 Å². The molecule has 0 radical (unpaired) electrons. The van der Waals surface area contributed by atoms with Gasteiger partial charge in [0.2, 0.25) is 0 Å². The molecule has 0 saturated carbocycles. The molecule has 0 aliphatic heterocycles. The molecule has 0 saturated heterocycles. The summed E-state index contributed by atoms with van der Waals surface area (Å²) in [6.45, 7) is 4.06. The van der Waals surface area contributed by atoms with Crippen molar-refractivity contribution in [2.45, 2.75) is 18.3 Å². The highest BCUT2D eigenvalue weighted by Crippen LogP contribution is 2.24. The van der Waals surface area contributed by atoms with Crippen LogP contribution in [0.15, 0.2) is 6.20 Å². The predicted molar refractivity (Wildman–Crippen MR) is 58.0 cm³/mol. The summed E-state index contributed by atoms with van der Waals surface area (Å²) in [5.41, 5.74) is 3.37. The molecule has 1 aromatic heterocycles. The van der Waals surface area contributed by atoms with Gasteiger partial charge in [-0.15, -0.1) is 0 Å². The second-order valence-electron chi connectivity index (χ2n) is 2.68. The van der Waals surface area contributed by atoms with Gasteiger partial charge in [0.15, 0.2) is 0 Å². The van der Waals surface area contributed by atoms with Gasteiger partial charge in [0, 0.05) is 21.8 Å². The van der Waals surface area contributed by atoms with Crippen molar-refractivity contribution in [3.8, 4) is 5.75 Å². The molecule has 0 atom stereocenters. The summed E-state index contributed by atoms with van der Waals surface area (Å²) in [5, 5.41) is 0. The van der Waals surface area contributed by atoms with E-state index in [9.17, 15) is 0 Å². The quantitative estimate of drug-likeness (QED) is 0.612. The Balaban J connectivity index is 3.24. The Bertz CT molecular complexity index is 286. The molecule has 12 heavy (non-hydrogen) atoms. The van der Waals surface area contributed by atoms with Crippen molar-refractivity contribution in [2.75, 3.05) is 7.11 Å². The van der Waals surface area contributed by atoms with E-state index in [-0.39, 0.29) is 0 Å². The van der Waals surface area contributed by atoms with Gasteiger partial charge in [-0.3, -0.25) is 4.98 Å². The number of hydrogen-bond acceptors (Lipinski definition) is 2. The smallest absolute Gasteiger partial charge is 0.128 e. The van der Waals surface area contributed by atoms with E-state index in [1.165, 1.54) is 0 Å². The summed E-state index contributed by atoms with van der Waals surface area (Å²) in [7, 11) is 1.70. The predicted octanol–water partition coefficient (Wildman–Crippen LogP) is 2.64. The summed E-state index contributed by atoms with van der Waals surface area (Å²) < 4.78 is 6.21. The molecule has 0 bridgehead atoms. The topological polar surface area (TPSA) is 22.1 Å². The van der Waals surface area contributed by atoms with Gasteiger partial charge in [-0.25, -0.2) is 0 Å². The first-order chi connectivity index (χ1) is 5.70. The summed E-state index contributed by atoms with van der Waals surface area (Å²) in [5.74, 6) is 0.969. The fourth-order valence-electron chi connectivity index (χ4n) is 1.21. The van der Waals surface area contributed by atoms with Gasteiger partial charge in [0.25, 0.3) is 0 Å². The molecule has 0 amide bonds. The monoisotopic (exact) mass is 277 g/mol. The van der Waals surface area contributed by atoms with E-state index < -0.39 is 0 Å². The van der Waals surface area contributed by atoms with Crippen LogP contribution >= 0.6 is 22.6 Å². The van der Waals surface area contributed by atoms with Crippen LogP contribution in [0.5, 0.6) is 5.75 Å². The van der Waals surface area contributed by atoms with Crippen molar-refractivity contribution >= 4 is 22.6 Å². The third-order valence-corrected chi connectivity index (χ3v) is 2.60. The maximum Gasteiger partial charge on any atom is 0.128 e. The molecule has 0 aromatic carbocycles. The lowest BCUT2D eigenvalue weighted by Crippen LogP contribution is -1.97. The van der Waals surface area contributed by atoms with Crippen LogP contribution in [0.2, 0.25) is 0 Å². The first-order valence-corrected chi connectivity index (χ1v) is 5.28. The Morgan fingerprint density at radius 3 is 2.67 bits per heavy atom. The number of pyridine rings is 1. The number of ether oxygens (including phenoxy) is 1. The van der Waals surface area contributed by atoms with E-state index in [0.29, 0.717) is 0 Å². The van der Waals surface area contributed by atoms with Crippen molar-refractivity contribution in [3.05, 3.63) is 23.0 Å². The van der Waals surface area contributed by atoms with Gasteiger partial charge >= 0.3 is 0 Å². The first-order valence-electron chi connectivity index (χ1n) is 3.75. The second-order valence-corrected chi connectivity index (χ2v) is 3.44. The van der Waals surface area contributed by atoms with Crippen molar-refractivity contribution in [2.24, 2.45) is 0 Å². The number of rotatable bonds is 2. The zero-order valence-electron chi connectivity index (χ0n) is 7.52. The minimum atomic E-state index is 0.931. The molecular weight excluding hydrogens is 265 g/mol. The lowest BCUT2D eigenvalue weighted by Gasteiger charge is -2.10. The fourth-order valence-corrected chi connectivity index (χ4v) is 1.97. The molecule has 66 valence electrons. The van der Waals surface area contributed by atoms with E-state index in [1.54, 1.807) is 7.11 Å². The van der Waals surface area contributed by atoms with Gasteiger partial charge < -0.3 is 4.74 Å². The Morgan fingerprint density at radius 2 is 2.17 bits per heavy atom. The number of aromatic nitrogens is 1. The van der Waals surface area contributed by atoms with E-state index in [1.807, 2.05) is 20.0 Å². The first kappa shape index (κ1) is 9.77. The average molecular weight is 277 g/mol. The Hall–Kier alpha value is -0.320. The molecule has 1 aromatic rings. The van der Waals surface area contributed by atoms with Crippen molar-refractivity contribution in [3.63, 3.8) is 0 Å². The van der Waals surface area contributed by atoms with Crippen molar-refractivity contribution in [1.29, 1.82) is 0 Å². The minimum absolute atomic E-state index is 0.931. The third-order valence-electron chi connectivity index (χ3n) is 1.88. The Labute approximate surface area is 86.5 Å². The molecular formula is C9H12INO. The molecule has 0 aliphatic rings. The minimum Gasteiger partial charge on any atom is -0.496 e. The van der Waals surface area contributed by atoms with Crippen LogP contribution in [-0.4, -0.2) is 12.1 Å². The third kappa shape index (κ3) is 1.71. The second kappa shape index (κ2) is 4.07. The standard InChI is InChI=1S/C9H12INO/c1-6-5-11-8(4-10)7(2)9(6)12-3/h5H,4H2,1-3H3. The molecule has 0 N–H and O–H groups in total. The number of methoxy groups -OCH3 is 1. The van der Waals surface area contributed by atoms with E-state index in [2.05, 4.69) is 27.6 Å². The van der Waals surface area contributed by atoms with Crippen LogP contribution in [0.3, 0.4) is 0 Å². The van der Waals surface area contributed by atoms with Crippen LogP contribution in [0.1, 0.15) is 16.8 Å². The maximum atomic E-state index is 5.27. The molecule has 1 heterocycles. The zero-order chi connectivity index (χ0) is 9.14. The van der Waals surface area contributed by atoms with Crippen LogP contribution in [0.25, 0.3) is 0 Å². The number of alkyl halides is 1. The fraction of sp³-hybridized carbons (Fsp3) is 0.444. The van der Waals surface area contributed by atoms with Crippen LogP contribution in [-0.2, 0) is 4.43 Å². The highest BCUT2D eigenvalue weighted by Gasteiger charge is 2.07. The van der Waals surface area contributed by atoms with Gasteiger partial charge in [0.05, 0.1) is 12.8 Å². The van der Waals surface area contributed by atoms with Crippen molar-refractivity contribution in [1.82, 2.24) is 4.98 Å². The number of halogens is 1. The molecule has 0 aliphatic carbocycles. The number of aryl methyl sites for hydroxylation is 1. The van der Waals surface area contributed by atoms with E-state index in [0.717, 1.165) is 27.0 Å². The SMILES string of the molecule is COc1c(C)cnc(CI)c1C. The number of hydrogen-bond donors (Lipinski definition) is 0. The Morgan fingerprint density at radius 1 is 1.50 bits per heavy atom. The highest BCUT2D eigenvalue weighted by atomic mass is 127. The number of nitrogens with zero attached hydrogens (tertiary/aromatic N) is 1. The average Bonchev–Trinajstić information content (AvgIpc) is 2.06. The zero-order valence-corrected chi connectivity index (χ0v) is 9.68. The van der Waals surface area contributed by atoms with Crippen molar-refractivity contribution < 1.29 is 4.74 Å². The van der Waals surface area contributed by atoms with Gasteiger partial charge in [-0.2, -0.15) is 0 Å². The molecule has 1 rings (SSSR count). The maximum absolute atomic E-state index is 5.27. The summed E-state index contributed by atoms with van der Waals surface area (Å²) in [6.07, 6.45) is 1.86.